The standard InChI is InChI=1S/C53H35N9Si/c1-5-19-36(20-6-1)49-56-50(61-46-32-18-17-31-45(46)59-43-29-15-13-27-41(43)54-52(59)61)58-51(57-49)62-47-34-33-40(35-48(47)60-44-30-16-14-28-42(44)55-53(60)62)63(37-21-7-2-8-22-37,38-23-9-3-10-24-38)39-25-11-4-12-26-39/h1-35H. The number of imidazole rings is 4. The zero-order valence-corrected chi connectivity index (χ0v) is 34.7. The van der Waals surface area contributed by atoms with E-state index in [2.05, 4.69) is 170 Å². The van der Waals surface area contributed by atoms with Crippen LogP contribution in [0.2, 0.25) is 0 Å². The SMILES string of the molecule is c1ccc(-c2nc(-n3c4ccccc4n4c5ccccc5nc34)nc(-n3c4ccc([Si](c5ccccc5)(c5ccccc5)c5ccccc5)cc4n4c5ccccc5nc34)n2)cc1. The van der Waals surface area contributed by atoms with Crippen LogP contribution in [0.15, 0.2) is 212 Å². The normalized spacial score (nSPS) is 12.1. The Hall–Kier alpha value is -8.47. The lowest BCUT2D eigenvalue weighted by atomic mass is 10.2. The van der Waals surface area contributed by atoms with Crippen LogP contribution in [0.3, 0.4) is 0 Å². The van der Waals surface area contributed by atoms with Crippen molar-refractivity contribution in [2.75, 3.05) is 0 Å². The number of rotatable bonds is 7. The van der Waals surface area contributed by atoms with Gasteiger partial charge in [-0.05, 0) is 69.3 Å². The fraction of sp³-hybridized carbons (Fsp3) is 0. The molecule has 0 radical (unpaired) electrons. The summed E-state index contributed by atoms with van der Waals surface area (Å²) in [7, 11) is -2.88. The first kappa shape index (κ1) is 35.3. The van der Waals surface area contributed by atoms with Gasteiger partial charge < -0.3 is 0 Å². The molecule has 0 aliphatic rings. The summed E-state index contributed by atoms with van der Waals surface area (Å²) in [6.45, 7) is 0. The van der Waals surface area contributed by atoms with Crippen molar-refractivity contribution in [3.8, 4) is 23.3 Å². The Labute approximate surface area is 361 Å². The van der Waals surface area contributed by atoms with Crippen LogP contribution in [0, 0.1) is 0 Å². The maximum absolute atomic E-state index is 5.40. The predicted octanol–water partition coefficient (Wildman–Crippen LogP) is 8.41. The van der Waals surface area contributed by atoms with Crippen LogP contribution in [0.25, 0.3) is 79.0 Å². The van der Waals surface area contributed by atoms with Gasteiger partial charge in [-0.25, -0.2) is 19.1 Å². The Kier molecular flexibility index (Phi) is 7.72. The highest BCUT2D eigenvalue weighted by Gasteiger charge is 2.42. The Morgan fingerprint density at radius 2 is 0.714 bits per heavy atom. The summed E-state index contributed by atoms with van der Waals surface area (Å²) in [6.07, 6.45) is 0. The van der Waals surface area contributed by atoms with Crippen LogP contribution in [0.5, 0.6) is 0 Å². The third kappa shape index (κ3) is 5.19. The molecule has 13 rings (SSSR count). The second-order valence-electron chi connectivity index (χ2n) is 15.8. The van der Waals surface area contributed by atoms with Crippen molar-refractivity contribution in [2.24, 2.45) is 0 Å². The molecule has 0 fully saturated rings. The van der Waals surface area contributed by atoms with Gasteiger partial charge in [0, 0.05) is 5.56 Å². The zero-order chi connectivity index (χ0) is 41.5. The highest BCUT2D eigenvalue weighted by Crippen LogP contribution is 2.32. The molecule has 0 saturated heterocycles. The molecule has 0 bridgehead atoms. The quantitative estimate of drug-likeness (QED) is 0.119. The molecule has 296 valence electrons. The molecule has 0 aliphatic heterocycles. The third-order valence-corrected chi connectivity index (χ3v) is 17.2. The summed E-state index contributed by atoms with van der Waals surface area (Å²) in [5.41, 5.74) is 8.53. The van der Waals surface area contributed by atoms with E-state index in [1.807, 2.05) is 60.7 Å². The first-order chi connectivity index (χ1) is 31.3. The molecule has 0 spiro atoms. The second-order valence-corrected chi connectivity index (χ2v) is 19.6. The van der Waals surface area contributed by atoms with Crippen LogP contribution in [-0.2, 0) is 0 Å². The lowest BCUT2D eigenvalue weighted by Gasteiger charge is -2.34. The molecule has 0 aliphatic carbocycles. The van der Waals surface area contributed by atoms with Gasteiger partial charge in [0.05, 0.1) is 44.1 Å². The van der Waals surface area contributed by atoms with Crippen LogP contribution >= 0.6 is 0 Å². The number of para-hydroxylation sites is 6. The van der Waals surface area contributed by atoms with E-state index in [0.717, 1.165) is 55.5 Å². The molecule has 0 N–H and O–H groups in total. The van der Waals surface area contributed by atoms with Gasteiger partial charge >= 0.3 is 0 Å². The minimum Gasteiger partial charge on any atom is -0.276 e. The van der Waals surface area contributed by atoms with Crippen molar-refractivity contribution in [2.45, 2.75) is 0 Å². The van der Waals surface area contributed by atoms with Crippen molar-refractivity contribution in [1.29, 1.82) is 0 Å². The van der Waals surface area contributed by atoms with Crippen molar-refractivity contribution < 1.29 is 0 Å². The molecule has 0 saturated carbocycles. The highest BCUT2D eigenvalue weighted by molar-refractivity contribution is 7.20. The average molecular weight is 826 g/mol. The van der Waals surface area contributed by atoms with E-state index in [1.165, 1.54) is 20.7 Å². The second kappa shape index (κ2) is 13.8. The molecule has 0 unspecified atom stereocenters. The van der Waals surface area contributed by atoms with E-state index in [4.69, 9.17) is 24.9 Å². The summed E-state index contributed by atoms with van der Waals surface area (Å²) < 4.78 is 8.60. The number of hydrogen-bond donors (Lipinski definition) is 0. The summed E-state index contributed by atoms with van der Waals surface area (Å²) in [4.78, 5) is 26.4. The predicted molar refractivity (Wildman–Crippen MR) is 255 cm³/mol. The molecule has 63 heavy (non-hydrogen) atoms. The highest BCUT2D eigenvalue weighted by atomic mass is 28.3. The van der Waals surface area contributed by atoms with Gasteiger partial charge in [-0.2, -0.15) is 15.0 Å². The van der Waals surface area contributed by atoms with Crippen LogP contribution in [0.1, 0.15) is 0 Å². The van der Waals surface area contributed by atoms with E-state index >= 15 is 0 Å². The number of aromatic nitrogens is 9. The lowest BCUT2D eigenvalue weighted by molar-refractivity contribution is 0.877. The van der Waals surface area contributed by atoms with E-state index in [1.54, 1.807) is 0 Å². The summed E-state index contributed by atoms with van der Waals surface area (Å²) in [6, 6.07) is 75.0. The maximum atomic E-state index is 5.40. The van der Waals surface area contributed by atoms with Crippen LogP contribution in [-0.4, -0.2) is 50.9 Å². The smallest absolute Gasteiger partial charge is 0.242 e. The molecule has 13 aromatic rings. The molecule has 9 nitrogen and oxygen atoms in total. The van der Waals surface area contributed by atoms with Gasteiger partial charge in [0.2, 0.25) is 23.5 Å². The molecular formula is C53H35N9Si. The fourth-order valence-electron chi connectivity index (χ4n) is 9.71. The summed E-state index contributed by atoms with van der Waals surface area (Å²) in [5, 5.41) is 5.17. The molecule has 10 heteroatoms. The van der Waals surface area contributed by atoms with Crippen molar-refractivity contribution in [3.05, 3.63) is 212 Å². The minimum atomic E-state index is -2.88. The van der Waals surface area contributed by atoms with Crippen molar-refractivity contribution in [3.63, 3.8) is 0 Å². The van der Waals surface area contributed by atoms with Gasteiger partial charge in [0.15, 0.2) is 13.9 Å². The first-order valence-corrected chi connectivity index (χ1v) is 23.0. The van der Waals surface area contributed by atoms with Crippen LogP contribution < -0.4 is 20.7 Å². The van der Waals surface area contributed by atoms with Crippen molar-refractivity contribution >= 4 is 84.5 Å². The topological polar surface area (TPSA) is 83.1 Å². The van der Waals surface area contributed by atoms with Gasteiger partial charge in [0.25, 0.3) is 0 Å². The van der Waals surface area contributed by atoms with Crippen LogP contribution in [0.4, 0.5) is 0 Å². The molecule has 0 amide bonds. The largest absolute Gasteiger partial charge is 0.276 e. The Morgan fingerprint density at radius 3 is 1.24 bits per heavy atom. The molecule has 5 aromatic heterocycles. The monoisotopic (exact) mass is 825 g/mol. The minimum absolute atomic E-state index is 0.451. The maximum Gasteiger partial charge on any atom is 0.242 e. The fourth-order valence-corrected chi connectivity index (χ4v) is 14.5. The molecule has 8 aromatic carbocycles. The third-order valence-electron chi connectivity index (χ3n) is 12.4. The average Bonchev–Trinajstić information content (AvgIpc) is 4.09. The summed E-state index contributed by atoms with van der Waals surface area (Å²) >= 11 is 0. The van der Waals surface area contributed by atoms with E-state index < -0.39 is 8.07 Å². The van der Waals surface area contributed by atoms with E-state index in [9.17, 15) is 0 Å². The van der Waals surface area contributed by atoms with E-state index in [0.29, 0.717) is 23.5 Å². The Morgan fingerprint density at radius 1 is 0.302 bits per heavy atom. The Bertz CT molecular complexity index is 3760. The van der Waals surface area contributed by atoms with Gasteiger partial charge in [-0.3, -0.25) is 8.80 Å². The number of fused-ring (bicyclic) bond motifs is 10. The van der Waals surface area contributed by atoms with E-state index in [-0.39, 0.29) is 0 Å². The van der Waals surface area contributed by atoms with Gasteiger partial charge in [-0.1, -0.05) is 164 Å². The number of nitrogens with zero attached hydrogens (tertiary/aromatic N) is 9. The summed E-state index contributed by atoms with van der Waals surface area (Å²) in [5.74, 6) is 2.87. The molecular weight excluding hydrogens is 791 g/mol. The zero-order valence-electron chi connectivity index (χ0n) is 33.7. The van der Waals surface area contributed by atoms with Gasteiger partial charge in [0.1, 0.15) is 0 Å². The molecule has 5 heterocycles. The number of benzene rings is 8. The number of hydrogen-bond acceptors (Lipinski definition) is 5. The lowest BCUT2D eigenvalue weighted by Crippen LogP contribution is -2.74. The Balaban J connectivity index is 1.14. The first-order valence-electron chi connectivity index (χ1n) is 21.0. The van der Waals surface area contributed by atoms with Gasteiger partial charge in [-0.15, -0.1) is 0 Å². The molecule has 0 atom stereocenters. The van der Waals surface area contributed by atoms with Crippen molar-refractivity contribution in [1.82, 2.24) is 42.9 Å².